The van der Waals surface area contributed by atoms with Crippen molar-refractivity contribution in [2.75, 3.05) is 5.75 Å². The van der Waals surface area contributed by atoms with Gasteiger partial charge in [-0.3, -0.25) is 9.48 Å². The number of rotatable bonds is 7. The van der Waals surface area contributed by atoms with Crippen molar-refractivity contribution < 1.29 is 0 Å². The summed E-state index contributed by atoms with van der Waals surface area (Å²) in [6, 6.07) is 9.48. The number of para-hydroxylation sites is 1. The number of hydrogen-bond acceptors (Lipinski definition) is 8. The normalized spacial score (nSPS) is 11.2. The predicted molar refractivity (Wildman–Crippen MR) is 102 cm³/mol. The zero-order valence-corrected chi connectivity index (χ0v) is 16.2. The van der Waals surface area contributed by atoms with Gasteiger partial charge in [-0.2, -0.15) is 4.68 Å². The number of nitrogens with zero attached hydrogens (tertiary/aromatic N) is 10. The third-order valence-corrected chi connectivity index (χ3v) is 5.34. The lowest BCUT2D eigenvalue weighted by atomic mass is 10.3. The van der Waals surface area contributed by atoms with E-state index < -0.39 is 0 Å². The van der Waals surface area contributed by atoms with Gasteiger partial charge < -0.3 is 0 Å². The van der Waals surface area contributed by atoms with E-state index >= 15 is 0 Å². The zero-order chi connectivity index (χ0) is 19.5. The molecule has 0 atom stereocenters. The Labute approximate surface area is 163 Å². The molecule has 144 valence electrons. The SMILES string of the molecule is Cc1c(-n2nnnc2SCCCn2cnnn2)c(=O)n(-c2ccccc2)n1C. The number of hydrogen-bond donors (Lipinski definition) is 0. The number of aryl methyl sites for hydroxylation is 1. The third kappa shape index (κ3) is 3.33. The van der Waals surface area contributed by atoms with E-state index in [1.165, 1.54) is 16.4 Å². The Morgan fingerprint density at radius 2 is 1.93 bits per heavy atom. The molecule has 0 amide bonds. The lowest BCUT2D eigenvalue weighted by molar-refractivity contribution is 0.581. The van der Waals surface area contributed by atoms with Crippen LogP contribution in [0.15, 0.2) is 46.6 Å². The minimum atomic E-state index is -0.172. The molecule has 0 aliphatic carbocycles. The van der Waals surface area contributed by atoms with Crippen molar-refractivity contribution in [2.45, 2.75) is 25.0 Å². The molecule has 0 radical (unpaired) electrons. The molecule has 12 heteroatoms. The van der Waals surface area contributed by atoms with Crippen LogP contribution >= 0.6 is 11.8 Å². The Kier molecular flexibility index (Phi) is 5.02. The Hall–Kier alpha value is -3.28. The van der Waals surface area contributed by atoms with Crippen LogP contribution in [0.25, 0.3) is 11.4 Å². The van der Waals surface area contributed by atoms with Gasteiger partial charge in [0.1, 0.15) is 6.33 Å². The van der Waals surface area contributed by atoms with Crippen molar-refractivity contribution in [3.05, 3.63) is 52.7 Å². The average molecular weight is 398 g/mol. The monoisotopic (exact) mass is 398 g/mol. The van der Waals surface area contributed by atoms with Gasteiger partial charge in [0, 0.05) is 19.3 Å². The van der Waals surface area contributed by atoms with E-state index in [2.05, 4.69) is 31.1 Å². The van der Waals surface area contributed by atoms with Gasteiger partial charge in [0.15, 0.2) is 5.69 Å². The molecule has 0 unspecified atom stereocenters. The summed E-state index contributed by atoms with van der Waals surface area (Å²) in [5.41, 5.74) is 1.83. The van der Waals surface area contributed by atoms with Crippen molar-refractivity contribution >= 4 is 11.8 Å². The maximum atomic E-state index is 13.1. The van der Waals surface area contributed by atoms with Crippen LogP contribution in [-0.4, -0.2) is 55.5 Å². The van der Waals surface area contributed by atoms with Gasteiger partial charge in [-0.25, -0.2) is 9.36 Å². The molecule has 4 rings (SSSR count). The molecule has 4 aromatic rings. The smallest absolute Gasteiger partial charge is 0.283 e. The summed E-state index contributed by atoms with van der Waals surface area (Å²) in [5.74, 6) is 0.763. The molecular weight excluding hydrogens is 380 g/mol. The minimum absolute atomic E-state index is 0.172. The first kappa shape index (κ1) is 18.1. The lowest BCUT2D eigenvalue weighted by Crippen LogP contribution is -2.22. The molecule has 11 nitrogen and oxygen atoms in total. The van der Waals surface area contributed by atoms with E-state index in [0.717, 1.165) is 23.6 Å². The average Bonchev–Trinajstić information content (AvgIpc) is 3.42. The Morgan fingerprint density at radius 1 is 1.11 bits per heavy atom. The number of benzene rings is 1. The van der Waals surface area contributed by atoms with Crippen LogP contribution in [0.4, 0.5) is 0 Å². The Balaban J connectivity index is 1.59. The number of aromatic nitrogens is 10. The molecule has 3 aromatic heterocycles. The molecule has 3 heterocycles. The van der Waals surface area contributed by atoms with Gasteiger partial charge in [0.2, 0.25) is 5.16 Å². The molecule has 0 saturated heterocycles. The van der Waals surface area contributed by atoms with Gasteiger partial charge in [-0.15, -0.1) is 10.2 Å². The van der Waals surface area contributed by atoms with E-state index in [-0.39, 0.29) is 5.56 Å². The van der Waals surface area contributed by atoms with Crippen LogP contribution in [-0.2, 0) is 13.6 Å². The summed E-state index contributed by atoms with van der Waals surface area (Å²) < 4.78 is 6.60. The molecule has 0 bridgehead atoms. The van der Waals surface area contributed by atoms with Crippen LogP contribution in [0.2, 0.25) is 0 Å². The van der Waals surface area contributed by atoms with Gasteiger partial charge in [0.05, 0.1) is 11.4 Å². The minimum Gasteiger partial charge on any atom is -0.283 e. The molecule has 0 spiro atoms. The molecule has 0 aliphatic heterocycles. The fourth-order valence-electron chi connectivity index (χ4n) is 2.88. The van der Waals surface area contributed by atoms with Crippen LogP contribution in [0.1, 0.15) is 12.1 Å². The van der Waals surface area contributed by atoms with Crippen molar-refractivity contribution in [1.29, 1.82) is 0 Å². The van der Waals surface area contributed by atoms with Crippen molar-refractivity contribution in [2.24, 2.45) is 7.05 Å². The maximum Gasteiger partial charge on any atom is 0.297 e. The number of tetrazole rings is 2. The lowest BCUT2D eigenvalue weighted by Gasteiger charge is -2.07. The highest BCUT2D eigenvalue weighted by atomic mass is 32.2. The molecule has 28 heavy (non-hydrogen) atoms. The zero-order valence-electron chi connectivity index (χ0n) is 15.4. The fraction of sp³-hybridized carbons (Fsp3) is 0.312. The summed E-state index contributed by atoms with van der Waals surface area (Å²) in [6.07, 6.45) is 2.42. The van der Waals surface area contributed by atoms with Gasteiger partial charge in [-0.05, 0) is 46.3 Å². The predicted octanol–water partition coefficient (Wildman–Crippen LogP) is 0.629. The van der Waals surface area contributed by atoms with E-state index in [0.29, 0.717) is 17.4 Å². The van der Waals surface area contributed by atoms with E-state index in [4.69, 9.17) is 0 Å². The quantitative estimate of drug-likeness (QED) is 0.329. The highest BCUT2D eigenvalue weighted by Gasteiger charge is 2.21. The summed E-state index contributed by atoms with van der Waals surface area (Å²) in [6.45, 7) is 2.58. The first-order valence-corrected chi connectivity index (χ1v) is 9.61. The van der Waals surface area contributed by atoms with Crippen molar-refractivity contribution in [3.63, 3.8) is 0 Å². The van der Waals surface area contributed by atoms with Gasteiger partial charge >= 0.3 is 0 Å². The van der Waals surface area contributed by atoms with Crippen LogP contribution < -0.4 is 5.56 Å². The largest absolute Gasteiger partial charge is 0.297 e. The van der Waals surface area contributed by atoms with Crippen molar-refractivity contribution in [1.82, 2.24) is 49.8 Å². The van der Waals surface area contributed by atoms with Crippen LogP contribution in [0.5, 0.6) is 0 Å². The Morgan fingerprint density at radius 3 is 2.68 bits per heavy atom. The second kappa shape index (κ2) is 7.76. The van der Waals surface area contributed by atoms with E-state index in [9.17, 15) is 4.79 Å². The summed E-state index contributed by atoms with van der Waals surface area (Å²) >= 11 is 1.49. The standard InChI is InChI=1S/C16H18N10OS/c1-12-14(15(27)26(23(12)2)13-7-4-3-5-8-13)25-16(18-20-22-25)28-10-6-9-24-11-17-19-21-24/h3-5,7-8,11H,6,9-10H2,1-2H3. The molecule has 0 fully saturated rings. The first-order valence-electron chi connectivity index (χ1n) is 8.63. The second-order valence-corrected chi connectivity index (χ2v) is 7.12. The van der Waals surface area contributed by atoms with E-state index in [1.54, 1.807) is 20.4 Å². The summed E-state index contributed by atoms with van der Waals surface area (Å²) in [5, 5.41) is 23.5. The molecular formula is C16H18N10OS. The van der Waals surface area contributed by atoms with Gasteiger partial charge in [0.25, 0.3) is 5.56 Å². The topological polar surface area (TPSA) is 114 Å². The van der Waals surface area contributed by atoms with E-state index in [1.807, 2.05) is 44.3 Å². The highest BCUT2D eigenvalue weighted by Crippen LogP contribution is 2.20. The molecule has 0 saturated carbocycles. The van der Waals surface area contributed by atoms with Gasteiger partial charge in [-0.1, -0.05) is 30.0 Å². The second-order valence-electron chi connectivity index (χ2n) is 6.06. The van der Waals surface area contributed by atoms with Crippen LogP contribution in [0, 0.1) is 6.92 Å². The number of thioether (sulfide) groups is 1. The van der Waals surface area contributed by atoms with Crippen molar-refractivity contribution in [3.8, 4) is 11.4 Å². The molecule has 0 aliphatic rings. The summed E-state index contributed by atoms with van der Waals surface area (Å²) in [7, 11) is 1.84. The molecule has 1 aromatic carbocycles. The fourth-order valence-corrected chi connectivity index (χ4v) is 3.68. The maximum absolute atomic E-state index is 13.1. The Bertz CT molecular complexity index is 1110. The third-order valence-electron chi connectivity index (χ3n) is 4.33. The van der Waals surface area contributed by atoms with Crippen LogP contribution in [0.3, 0.4) is 0 Å². The molecule has 0 N–H and O–H groups in total. The first-order chi connectivity index (χ1) is 13.7. The summed E-state index contributed by atoms with van der Waals surface area (Å²) in [4.78, 5) is 13.1. The highest BCUT2D eigenvalue weighted by molar-refractivity contribution is 7.99.